The normalized spacial score (nSPS) is 16.3. The molecule has 0 aromatic heterocycles. The van der Waals surface area contributed by atoms with Crippen molar-refractivity contribution in [3.8, 4) is 0 Å². The van der Waals surface area contributed by atoms with Crippen LogP contribution in [0.5, 0.6) is 0 Å². The number of alkyl halides is 5. The number of methoxy groups -OCH3 is 1. The molecule has 0 N–H and O–H groups in total. The summed E-state index contributed by atoms with van der Waals surface area (Å²) in [7, 11) is -3.12. The third-order valence-electron chi connectivity index (χ3n) is 3.22. The summed E-state index contributed by atoms with van der Waals surface area (Å²) >= 11 is 0. The van der Waals surface area contributed by atoms with Crippen LogP contribution in [0.1, 0.15) is 27.2 Å². The van der Waals surface area contributed by atoms with Crippen molar-refractivity contribution < 1.29 is 41.0 Å². The molecule has 0 saturated carbocycles. The predicted octanol–water partition coefficient (Wildman–Crippen LogP) is 3.95. The molecule has 10 heteroatoms. The minimum Gasteiger partial charge on any atom is -0.468 e. The number of carbonyl (C=O) groups excluding carboxylic acids is 2. The number of carbonyl (C=O) groups is 2. The van der Waals surface area contributed by atoms with Crippen molar-refractivity contribution in [1.82, 2.24) is 0 Å². The first kappa shape index (κ1) is 22.8. The highest BCUT2D eigenvalue weighted by molar-refractivity contribution is 6.79. The summed E-state index contributed by atoms with van der Waals surface area (Å²) in [5, 5.41) is 0. The minimum atomic E-state index is -5.21. The molecule has 0 aliphatic heterocycles. The lowest BCUT2D eigenvalue weighted by Crippen LogP contribution is -2.66. The Kier molecular flexibility index (Phi) is 6.28. The smallest absolute Gasteiger partial charge is 0.391 e. The quantitative estimate of drug-likeness (QED) is 0.315. The van der Waals surface area contributed by atoms with E-state index in [0.29, 0.717) is 7.11 Å². The monoisotopic (exact) mass is 378 g/mol. The summed E-state index contributed by atoms with van der Waals surface area (Å²) in [4.78, 5) is 24.4. The van der Waals surface area contributed by atoms with Crippen molar-refractivity contribution in [2.24, 2.45) is 5.41 Å². The van der Waals surface area contributed by atoms with Gasteiger partial charge >= 0.3 is 18.1 Å². The molecule has 0 aromatic carbocycles. The Hall–Kier alpha value is -1.19. The van der Waals surface area contributed by atoms with E-state index in [0.717, 1.165) is 19.6 Å². The Morgan fingerprint density at radius 1 is 0.917 bits per heavy atom. The van der Waals surface area contributed by atoms with E-state index in [1.54, 1.807) is 0 Å². The fourth-order valence-electron chi connectivity index (χ4n) is 2.08. The molecular weight excluding hydrogens is 355 g/mol. The molecule has 1 unspecified atom stereocenters. The van der Waals surface area contributed by atoms with Gasteiger partial charge in [-0.2, -0.15) is 13.2 Å². The van der Waals surface area contributed by atoms with Crippen LogP contribution >= 0.6 is 0 Å². The molecule has 0 aliphatic carbocycles. The Labute approximate surface area is 138 Å². The van der Waals surface area contributed by atoms with Crippen LogP contribution in [0.3, 0.4) is 0 Å². The van der Waals surface area contributed by atoms with E-state index in [2.05, 4.69) is 4.74 Å². The predicted molar refractivity (Wildman–Crippen MR) is 79.3 cm³/mol. The maximum atomic E-state index is 15.0. The first-order valence-corrected chi connectivity index (χ1v) is 10.6. The molecule has 0 bridgehead atoms. The number of hydrogen-bond acceptors (Lipinski definition) is 4. The van der Waals surface area contributed by atoms with Gasteiger partial charge in [-0.25, -0.2) is 8.78 Å². The lowest BCUT2D eigenvalue weighted by atomic mass is 9.83. The van der Waals surface area contributed by atoms with Crippen LogP contribution in [0.4, 0.5) is 22.0 Å². The van der Waals surface area contributed by atoms with Crippen LogP contribution in [0.2, 0.25) is 19.6 Å². The fraction of sp³-hybridized carbons (Fsp3) is 0.857. The third-order valence-corrected chi connectivity index (χ3v) is 5.54. The second-order valence-corrected chi connectivity index (χ2v) is 12.6. The van der Waals surface area contributed by atoms with Gasteiger partial charge in [-0.05, 0) is 20.8 Å². The summed E-state index contributed by atoms with van der Waals surface area (Å²) in [6.45, 7) is 7.08. The van der Waals surface area contributed by atoms with Crippen molar-refractivity contribution in [1.29, 1.82) is 0 Å². The molecule has 0 spiro atoms. The standard InChI is InChI=1S/C14H23F5O4Si/c1-11(2,3)23-10(21)12(9(20)22-4,8-13(15,16)17)14(18,19)24(5,6)7/h8H2,1-7H3. The molecule has 0 amide bonds. The number of ether oxygens (including phenoxy) is 2. The lowest BCUT2D eigenvalue weighted by Gasteiger charge is -2.43. The maximum absolute atomic E-state index is 15.0. The third kappa shape index (κ3) is 4.67. The topological polar surface area (TPSA) is 52.6 Å². The van der Waals surface area contributed by atoms with Crippen LogP contribution in [0.15, 0.2) is 0 Å². The second-order valence-electron chi connectivity index (χ2n) is 7.52. The zero-order valence-electron chi connectivity index (χ0n) is 14.7. The SMILES string of the molecule is COC(=O)C(CC(F)(F)F)(C(=O)OC(C)(C)C)C(F)(F)[Si](C)(C)C. The fourth-order valence-corrected chi connectivity index (χ4v) is 3.65. The van der Waals surface area contributed by atoms with E-state index in [1.807, 2.05) is 0 Å². The van der Waals surface area contributed by atoms with E-state index >= 15 is 8.78 Å². The lowest BCUT2D eigenvalue weighted by molar-refractivity contribution is -0.223. The number of hydrogen-bond donors (Lipinski definition) is 0. The molecule has 24 heavy (non-hydrogen) atoms. The molecule has 0 radical (unpaired) electrons. The molecule has 4 nitrogen and oxygen atoms in total. The van der Waals surface area contributed by atoms with Gasteiger partial charge in [0.15, 0.2) is 0 Å². The highest BCUT2D eigenvalue weighted by Gasteiger charge is 2.74. The van der Waals surface area contributed by atoms with Crippen molar-refractivity contribution in [2.45, 2.75) is 64.2 Å². The van der Waals surface area contributed by atoms with Crippen molar-refractivity contribution >= 4 is 20.0 Å². The van der Waals surface area contributed by atoms with Gasteiger partial charge in [-0.15, -0.1) is 0 Å². The highest BCUT2D eigenvalue weighted by Crippen LogP contribution is 2.51. The van der Waals surface area contributed by atoms with Gasteiger partial charge in [0, 0.05) is 0 Å². The van der Waals surface area contributed by atoms with Gasteiger partial charge in [0.1, 0.15) is 13.7 Å². The van der Waals surface area contributed by atoms with E-state index in [-0.39, 0.29) is 0 Å². The van der Waals surface area contributed by atoms with Gasteiger partial charge in [0.25, 0.3) is 5.55 Å². The van der Waals surface area contributed by atoms with Gasteiger partial charge < -0.3 is 9.47 Å². The zero-order valence-corrected chi connectivity index (χ0v) is 15.7. The van der Waals surface area contributed by atoms with Crippen molar-refractivity contribution in [3.63, 3.8) is 0 Å². The van der Waals surface area contributed by atoms with E-state index in [4.69, 9.17) is 4.74 Å². The number of rotatable bonds is 5. The van der Waals surface area contributed by atoms with Gasteiger partial charge in [-0.3, -0.25) is 9.59 Å². The summed E-state index contributed by atoms with van der Waals surface area (Å²) < 4.78 is 78.0. The van der Waals surface area contributed by atoms with Crippen LogP contribution < -0.4 is 0 Å². The minimum absolute atomic E-state index is 0.651. The Bertz CT molecular complexity index is 491. The Morgan fingerprint density at radius 3 is 1.58 bits per heavy atom. The average Bonchev–Trinajstić information content (AvgIpc) is 2.29. The van der Waals surface area contributed by atoms with E-state index in [1.165, 1.54) is 20.8 Å². The largest absolute Gasteiger partial charge is 0.468 e. The van der Waals surface area contributed by atoms with E-state index in [9.17, 15) is 22.8 Å². The molecule has 0 heterocycles. The van der Waals surface area contributed by atoms with Crippen LogP contribution in [-0.2, 0) is 19.1 Å². The van der Waals surface area contributed by atoms with Gasteiger partial charge in [0.2, 0.25) is 5.41 Å². The summed E-state index contributed by atoms with van der Waals surface area (Å²) in [5.41, 5.74) is -9.40. The zero-order chi connectivity index (χ0) is 19.8. The summed E-state index contributed by atoms with van der Waals surface area (Å²) in [5.74, 6) is -3.90. The molecule has 1 atom stereocenters. The number of esters is 2. The van der Waals surface area contributed by atoms with Crippen LogP contribution in [0, 0.1) is 5.41 Å². The molecule has 0 fully saturated rings. The van der Waals surface area contributed by atoms with Gasteiger partial charge in [-0.1, -0.05) is 19.6 Å². The second kappa shape index (κ2) is 6.60. The van der Waals surface area contributed by atoms with Crippen molar-refractivity contribution in [2.75, 3.05) is 7.11 Å². The Morgan fingerprint density at radius 2 is 1.33 bits per heavy atom. The van der Waals surface area contributed by atoms with Crippen LogP contribution in [0.25, 0.3) is 0 Å². The Balaban J connectivity index is 6.60. The summed E-state index contributed by atoms with van der Waals surface area (Å²) in [6.07, 6.45) is -7.58. The van der Waals surface area contributed by atoms with Gasteiger partial charge in [0.05, 0.1) is 13.5 Å². The molecular formula is C14H23F5O4Si. The maximum Gasteiger partial charge on any atom is 0.391 e. The van der Waals surface area contributed by atoms with Crippen molar-refractivity contribution in [3.05, 3.63) is 0 Å². The van der Waals surface area contributed by atoms with Crippen LogP contribution in [-0.4, -0.2) is 44.4 Å². The highest BCUT2D eigenvalue weighted by atomic mass is 28.3. The number of halogens is 5. The molecule has 0 aliphatic rings. The molecule has 0 rings (SSSR count). The first-order valence-electron chi connectivity index (χ1n) is 7.08. The molecule has 142 valence electrons. The summed E-state index contributed by atoms with van der Waals surface area (Å²) in [6, 6.07) is 0. The molecule has 0 saturated heterocycles. The van der Waals surface area contributed by atoms with E-state index < -0.39 is 49.2 Å². The average molecular weight is 378 g/mol. The molecule has 0 aromatic rings. The first-order chi connectivity index (χ1) is 10.3.